The van der Waals surface area contributed by atoms with E-state index in [1.54, 1.807) is 0 Å². The highest BCUT2D eigenvalue weighted by atomic mass is 14.1. The number of benzene rings is 3. The second-order valence-electron chi connectivity index (χ2n) is 5.85. The first-order valence-corrected chi connectivity index (χ1v) is 8.34. The Morgan fingerprint density at radius 2 is 1.21 bits per heavy atom. The van der Waals surface area contributed by atoms with E-state index in [1.165, 1.54) is 33.4 Å². The lowest BCUT2D eigenvalue weighted by Crippen LogP contribution is -1.94. The first-order chi connectivity index (χ1) is 11.8. The van der Waals surface area contributed by atoms with Gasteiger partial charge in [-0.2, -0.15) is 0 Å². The van der Waals surface area contributed by atoms with Crippen LogP contribution in [0.25, 0.3) is 17.2 Å². The van der Waals surface area contributed by atoms with Crippen molar-refractivity contribution in [1.29, 1.82) is 0 Å². The van der Waals surface area contributed by atoms with Gasteiger partial charge in [-0.15, -0.1) is 0 Å². The minimum absolute atomic E-state index is 1.21. The highest BCUT2D eigenvalue weighted by molar-refractivity contribution is 5.95. The lowest BCUT2D eigenvalue weighted by molar-refractivity contribution is 1.48. The van der Waals surface area contributed by atoms with Crippen molar-refractivity contribution in [3.05, 3.63) is 113 Å². The summed E-state index contributed by atoms with van der Waals surface area (Å²) < 4.78 is 0. The maximum Gasteiger partial charge on any atom is -0.00994 e. The third-order valence-corrected chi connectivity index (χ3v) is 4.27. The molecule has 0 heterocycles. The molecule has 0 saturated carbocycles. The Morgan fingerprint density at radius 3 is 1.83 bits per heavy atom. The van der Waals surface area contributed by atoms with Crippen molar-refractivity contribution >= 4 is 17.2 Å². The van der Waals surface area contributed by atoms with E-state index in [2.05, 4.69) is 111 Å². The summed E-state index contributed by atoms with van der Waals surface area (Å²) in [4.78, 5) is 0. The van der Waals surface area contributed by atoms with E-state index in [4.69, 9.17) is 0 Å². The van der Waals surface area contributed by atoms with E-state index in [1.807, 2.05) is 0 Å². The molecule has 0 bridgehead atoms. The van der Waals surface area contributed by atoms with Gasteiger partial charge in [0.2, 0.25) is 0 Å². The van der Waals surface area contributed by atoms with Crippen LogP contribution in [0.2, 0.25) is 0 Å². The molecule has 0 aromatic heterocycles. The van der Waals surface area contributed by atoms with E-state index < -0.39 is 0 Å². The second-order valence-corrected chi connectivity index (χ2v) is 5.85. The first-order valence-electron chi connectivity index (χ1n) is 8.34. The fraction of sp³-hybridized carbons (Fsp3) is 0.0833. The van der Waals surface area contributed by atoms with Crippen molar-refractivity contribution in [1.82, 2.24) is 0 Å². The molecule has 0 saturated heterocycles. The zero-order valence-corrected chi connectivity index (χ0v) is 14.2. The topological polar surface area (TPSA) is 0 Å². The summed E-state index contributed by atoms with van der Waals surface area (Å²) in [7, 11) is 0. The Morgan fingerprint density at radius 1 is 0.667 bits per heavy atom. The van der Waals surface area contributed by atoms with Gasteiger partial charge in [-0.25, -0.2) is 0 Å². The van der Waals surface area contributed by atoms with Crippen molar-refractivity contribution in [2.75, 3.05) is 0 Å². The molecule has 0 aliphatic carbocycles. The van der Waals surface area contributed by atoms with Gasteiger partial charge in [0.15, 0.2) is 0 Å². The van der Waals surface area contributed by atoms with Crippen molar-refractivity contribution < 1.29 is 0 Å². The monoisotopic (exact) mass is 310 g/mol. The average Bonchev–Trinajstić information content (AvgIpc) is 2.67. The van der Waals surface area contributed by atoms with Crippen LogP contribution in [0.3, 0.4) is 0 Å². The Balaban J connectivity index is 2.23. The summed E-state index contributed by atoms with van der Waals surface area (Å²) in [6.07, 6.45) is 4.45. The standard InChI is InChI=1S/C24H22/c1-3-19(2)22-16-10-11-17-23(22)24(21-14-8-5-9-15-21)18-20-12-6-4-7-13-20/h3-18H,1-2H3. The number of allylic oxidation sites excluding steroid dienone is 2. The summed E-state index contributed by atoms with van der Waals surface area (Å²) in [6, 6.07) is 29.8. The van der Waals surface area contributed by atoms with Gasteiger partial charge < -0.3 is 0 Å². The van der Waals surface area contributed by atoms with Crippen LogP contribution in [0.4, 0.5) is 0 Å². The minimum atomic E-state index is 1.21. The molecule has 118 valence electrons. The summed E-state index contributed by atoms with van der Waals surface area (Å²) in [6.45, 7) is 4.26. The molecule has 3 aromatic carbocycles. The van der Waals surface area contributed by atoms with E-state index >= 15 is 0 Å². The van der Waals surface area contributed by atoms with Gasteiger partial charge >= 0.3 is 0 Å². The molecule has 3 rings (SSSR count). The molecule has 0 nitrogen and oxygen atoms in total. The van der Waals surface area contributed by atoms with Gasteiger partial charge in [0.1, 0.15) is 0 Å². The van der Waals surface area contributed by atoms with Crippen LogP contribution in [0.1, 0.15) is 36.1 Å². The van der Waals surface area contributed by atoms with Crippen LogP contribution in [0.15, 0.2) is 91.0 Å². The maximum atomic E-state index is 2.27. The summed E-state index contributed by atoms with van der Waals surface area (Å²) >= 11 is 0. The molecule has 0 atom stereocenters. The number of rotatable bonds is 4. The van der Waals surface area contributed by atoms with E-state index in [0.29, 0.717) is 0 Å². The van der Waals surface area contributed by atoms with Gasteiger partial charge in [-0.1, -0.05) is 91.0 Å². The van der Waals surface area contributed by atoms with Crippen molar-refractivity contribution in [2.45, 2.75) is 13.8 Å². The predicted molar refractivity (Wildman–Crippen MR) is 106 cm³/mol. The highest BCUT2D eigenvalue weighted by Gasteiger charge is 2.10. The molecule has 0 N–H and O–H groups in total. The predicted octanol–water partition coefficient (Wildman–Crippen LogP) is 6.70. The van der Waals surface area contributed by atoms with Gasteiger partial charge in [0, 0.05) is 0 Å². The molecule has 0 unspecified atom stereocenters. The molecule has 0 aliphatic rings. The number of hydrogen-bond acceptors (Lipinski definition) is 0. The van der Waals surface area contributed by atoms with Gasteiger partial charge in [-0.05, 0) is 53.3 Å². The third kappa shape index (κ3) is 3.55. The molecule has 24 heavy (non-hydrogen) atoms. The smallest absolute Gasteiger partial charge is 0.00994 e. The first kappa shape index (κ1) is 16.0. The van der Waals surface area contributed by atoms with Crippen LogP contribution in [-0.4, -0.2) is 0 Å². The highest BCUT2D eigenvalue weighted by Crippen LogP contribution is 2.31. The zero-order chi connectivity index (χ0) is 16.8. The lowest BCUT2D eigenvalue weighted by atomic mass is 9.89. The minimum Gasteiger partial charge on any atom is -0.0841 e. The zero-order valence-electron chi connectivity index (χ0n) is 14.2. The van der Waals surface area contributed by atoms with E-state index in [9.17, 15) is 0 Å². The number of hydrogen-bond donors (Lipinski definition) is 0. The van der Waals surface area contributed by atoms with Gasteiger partial charge in [-0.3, -0.25) is 0 Å². The fourth-order valence-corrected chi connectivity index (χ4v) is 2.87. The Kier molecular flexibility index (Phi) is 5.08. The van der Waals surface area contributed by atoms with Gasteiger partial charge in [0.05, 0.1) is 0 Å². The van der Waals surface area contributed by atoms with Gasteiger partial charge in [0.25, 0.3) is 0 Å². The van der Waals surface area contributed by atoms with Crippen LogP contribution in [0, 0.1) is 0 Å². The molecular weight excluding hydrogens is 288 g/mol. The average molecular weight is 310 g/mol. The van der Waals surface area contributed by atoms with Crippen molar-refractivity contribution in [2.24, 2.45) is 0 Å². The Hall–Kier alpha value is -2.86. The second kappa shape index (κ2) is 7.61. The van der Waals surface area contributed by atoms with Crippen LogP contribution < -0.4 is 0 Å². The maximum absolute atomic E-state index is 2.27. The molecule has 0 aliphatic heterocycles. The van der Waals surface area contributed by atoms with Crippen LogP contribution in [-0.2, 0) is 0 Å². The summed E-state index contributed by atoms with van der Waals surface area (Å²) in [5.41, 5.74) is 7.54. The van der Waals surface area contributed by atoms with Crippen molar-refractivity contribution in [3.63, 3.8) is 0 Å². The molecular formula is C24H22. The lowest BCUT2D eigenvalue weighted by Gasteiger charge is -2.14. The normalized spacial score (nSPS) is 12.2. The SMILES string of the molecule is CC=C(C)c1ccccc1C(=Cc1ccccc1)c1ccccc1. The van der Waals surface area contributed by atoms with E-state index in [-0.39, 0.29) is 0 Å². The van der Waals surface area contributed by atoms with Crippen LogP contribution in [0.5, 0.6) is 0 Å². The third-order valence-electron chi connectivity index (χ3n) is 4.27. The molecule has 3 aromatic rings. The largest absolute Gasteiger partial charge is 0.0841 e. The van der Waals surface area contributed by atoms with E-state index in [0.717, 1.165) is 0 Å². The summed E-state index contributed by atoms with van der Waals surface area (Å²) in [5.74, 6) is 0. The molecule has 0 heteroatoms. The van der Waals surface area contributed by atoms with Crippen LogP contribution >= 0.6 is 0 Å². The quantitative estimate of drug-likeness (QED) is 0.470. The molecule has 0 spiro atoms. The van der Waals surface area contributed by atoms with Crippen molar-refractivity contribution in [3.8, 4) is 0 Å². The molecule has 0 fully saturated rings. The Bertz CT molecular complexity index is 853. The Labute approximate surface area is 144 Å². The molecule has 0 amide bonds. The molecule has 0 radical (unpaired) electrons. The summed E-state index contributed by atoms with van der Waals surface area (Å²) in [5, 5.41) is 0. The fourth-order valence-electron chi connectivity index (χ4n) is 2.87.